The van der Waals surface area contributed by atoms with Gasteiger partial charge in [0.2, 0.25) is 0 Å². The van der Waals surface area contributed by atoms with Crippen molar-refractivity contribution in [2.24, 2.45) is 5.73 Å². The van der Waals surface area contributed by atoms with Crippen molar-refractivity contribution in [2.75, 3.05) is 0 Å². The van der Waals surface area contributed by atoms with Gasteiger partial charge in [0.15, 0.2) is 0 Å². The highest BCUT2D eigenvalue weighted by Gasteiger charge is 2.40. The molecule has 0 heterocycles. The first kappa shape index (κ1) is 10.7. The maximum atomic E-state index is 10.2. The molecule has 82 valence electrons. The van der Waals surface area contributed by atoms with E-state index in [0.29, 0.717) is 0 Å². The minimum Gasteiger partial charge on any atom is -0.389 e. The highest BCUT2D eigenvalue weighted by atomic mass is 16.3. The molecule has 2 nitrogen and oxygen atoms in total. The third-order valence-corrected chi connectivity index (χ3v) is 3.31. The van der Waals surface area contributed by atoms with Crippen LogP contribution in [0.5, 0.6) is 0 Å². The van der Waals surface area contributed by atoms with Gasteiger partial charge in [0.25, 0.3) is 0 Å². The number of aryl methyl sites for hydroxylation is 2. The molecule has 1 saturated carbocycles. The number of hydrogen-bond donors (Lipinski definition) is 2. The Balaban J connectivity index is 2.14. The number of rotatable bonds is 2. The van der Waals surface area contributed by atoms with Crippen molar-refractivity contribution in [2.45, 2.75) is 44.8 Å². The largest absolute Gasteiger partial charge is 0.389 e. The van der Waals surface area contributed by atoms with E-state index >= 15 is 0 Å². The summed E-state index contributed by atoms with van der Waals surface area (Å²) >= 11 is 0. The molecule has 1 aromatic rings. The predicted molar refractivity (Wildman–Crippen MR) is 61.8 cm³/mol. The number of hydrogen-bond acceptors (Lipinski definition) is 2. The van der Waals surface area contributed by atoms with Gasteiger partial charge in [-0.25, -0.2) is 0 Å². The van der Waals surface area contributed by atoms with E-state index in [0.717, 1.165) is 19.3 Å². The average Bonchev–Trinajstić information content (AvgIpc) is 2.09. The molecule has 0 aliphatic heterocycles. The van der Waals surface area contributed by atoms with Crippen molar-refractivity contribution in [3.05, 3.63) is 34.9 Å². The molecule has 1 aliphatic carbocycles. The summed E-state index contributed by atoms with van der Waals surface area (Å²) in [5, 5.41) is 10.2. The van der Waals surface area contributed by atoms with Gasteiger partial charge in [0.05, 0.1) is 5.60 Å². The SMILES string of the molecule is Cc1ccc(C)c(CC2(O)CC(N)C2)c1. The molecule has 0 saturated heterocycles. The van der Waals surface area contributed by atoms with E-state index in [1.807, 2.05) is 0 Å². The maximum Gasteiger partial charge on any atom is 0.0717 e. The van der Waals surface area contributed by atoms with Gasteiger partial charge in [0.1, 0.15) is 0 Å². The van der Waals surface area contributed by atoms with E-state index < -0.39 is 5.60 Å². The van der Waals surface area contributed by atoms with Crippen LogP contribution in [0.25, 0.3) is 0 Å². The van der Waals surface area contributed by atoms with E-state index in [4.69, 9.17) is 5.73 Å². The molecule has 1 aromatic carbocycles. The highest BCUT2D eigenvalue weighted by molar-refractivity contribution is 5.32. The lowest BCUT2D eigenvalue weighted by molar-refractivity contribution is -0.0456. The first-order valence-corrected chi connectivity index (χ1v) is 5.53. The Bertz CT molecular complexity index is 367. The summed E-state index contributed by atoms with van der Waals surface area (Å²) < 4.78 is 0. The molecule has 0 spiro atoms. The van der Waals surface area contributed by atoms with Crippen molar-refractivity contribution in [1.29, 1.82) is 0 Å². The molecule has 0 atom stereocenters. The molecule has 0 radical (unpaired) electrons. The van der Waals surface area contributed by atoms with Crippen LogP contribution in [0.4, 0.5) is 0 Å². The van der Waals surface area contributed by atoms with Crippen LogP contribution in [-0.2, 0) is 6.42 Å². The Morgan fingerprint density at radius 2 is 2.07 bits per heavy atom. The minimum atomic E-state index is -0.544. The summed E-state index contributed by atoms with van der Waals surface area (Å²) in [4.78, 5) is 0. The number of benzene rings is 1. The van der Waals surface area contributed by atoms with Crippen LogP contribution in [0.2, 0.25) is 0 Å². The summed E-state index contributed by atoms with van der Waals surface area (Å²) in [7, 11) is 0. The molecule has 0 aromatic heterocycles. The van der Waals surface area contributed by atoms with E-state index in [-0.39, 0.29) is 6.04 Å². The molecular formula is C13H19NO. The van der Waals surface area contributed by atoms with Crippen LogP contribution in [0.1, 0.15) is 29.5 Å². The topological polar surface area (TPSA) is 46.2 Å². The minimum absolute atomic E-state index is 0.195. The summed E-state index contributed by atoms with van der Waals surface area (Å²) in [5.74, 6) is 0. The fraction of sp³-hybridized carbons (Fsp3) is 0.538. The van der Waals surface area contributed by atoms with Gasteiger partial charge in [-0.3, -0.25) is 0 Å². The molecule has 1 fully saturated rings. The molecule has 0 amide bonds. The van der Waals surface area contributed by atoms with Crippen LogP contribution in [0.15, 0.2) is 18.2 Å². The summed E-state index contributed by atoms with van der Waals surface area (Å²) in [5.41, 5.74) is 8.94. The van der Waals surface area contributed by atoms with Gasteiger partial charge in [-0.05, 0) is 37.8 Å². The molecule has 0 unspecified atom stereocenters. The molecule has 2 rings (SSSR count). The molecular weight excluding hydrogens is 186 g/mol. The molecule has 1 aliphatic rings. The lowest BCUT2D eigenvalue weighted by atomic mass is 9.72. The van der Waals surface area contributed by atoms with E-state index in [9.17, 15) is 5.11 Å². The molecule has 0 bridgehead atoms. The second-order valence-electron chi connectivity index (χ2n) is 5.00. The molecule has 15 heavy (non-hydrogen) atoms. The second kappa shape index (κ2) is 3.62. The van der Waals surface area contributed by atoms with Crippen molar-refractivity contribution in [3.63, 3.8) is 0 Å². The monoisotopic (exact) mass is 205 g/mol. The highest BCUT2D eigenvalue weighted by Crippen LogP contribution is 2.34. The molecule has 2 heteroatoms. The predicted octanol–water partition coefficient (Wildman–Crippen LogP) is 1.70. The van der Waals surface area contributed by atoms with Gasteiger partial charge in [0, 0.05) is 12.5 Å². The zero-order chi connectivity index (χ0) is 11.1. The summed E-state index contributed by atoms with van der Waals surface area (Å²) in [6.45, 7) is 4.18. The summed E-state index contributed by atoms with van der Waals surface area (Å²) in [6, 6.07) is 6.58. The maximum absolute atomic E-state index is 10.2. The van der Waals surface area contributed by atoms with E-state index in [1.54, 1.807) is 0 Å². The van der Waals surface area contributed by atoms with E-state index in [2.05, 4.69) is 32.0 Å². The Hall–Kier alpha value is -0.860. The normalized spacial score (nSPS) is 30.0. The van der Waals surface area contributed by atoms with Crippen LogP contribution in [0.3, 0.4) is 0 Å². The zero-order valence-corrected chi connectivity index (χ0v) is 9.46. The molecule has 3 N–H and O–H groups in total. The Kier molecular flexibility index (Phi) is 2.57. The first-order valence-electron chi connectivity index (χ1n) is 5.53. The second-order valence-corrected chi connectivity index (χ2v) is 5.00. The van der Waals surface area contributed by atoms with Crippen LogP contribution in [-0.4, -0.2) is 16.7 Å². The van der Waals surface area contributed by atoms with Gasteiger partial charge in [-0.15, -0.1) is 0 Å². The average molecular weight is 205 g/mol. The van der Waals surface area contributed by atoms with Gasteiger partial charge < -0.3 is 10.8 Å². The van der Waals surface area contributed by atoms with Crippen LogP contribution in [0, 0.1) is 13.8 Å². The Labute approximate surface area is 91.1 Å². The van der Waals surface area contributed by atoms with Crippen LogP contribution >= 0.6 is 0 Å². The number of aliphatic hydroxyl groups is 1. The zero-order valence-electron chi connectivity index (χ0n) is 9.46. The Morgan fingerprint density at radius 3 is 2.67 bits per heavy atom. The number of nitrogens with two attached hydrogens (primary N) is 1. The standard InChI is InChI=1S/C13H19NO/c1-9-3-4-10(2)11(5-9)6-13(15)7-12(14)8-13/h3-5,12,15H,6-8,14H2,1-2H3. The first-order chi connectivity index (χ1) is 6.98. The quantitative estimate of drug-likeness (QED) is 0.772. The van der Waals surface area contributed by atoms with Crippen molar-refractivity contribution in [1.82, 2.24) is 0 Å². The smallest absolute Gasteiger partial charge is 0.0717 e. The lowest BCUT2D eigenvalue weighted by Gasteiger charge is -2.42. The fourth-order valence-electron chi connectivity index (χ4n) is 2.41. The summed E-state index contributed by atoms with van der Waals surface area (Å²) in [6.07, 6.45) is 2.22. The third-order valence-electron chi connectivity index (χ3n) is 3.31. The van der Waals surface area contributed by atoms with Gasteiger partial charge in [-0.2, -0.15) is 0 Å². The third kappa shape index (κ3) is 2.21. The van der Waals surface area contributed by atoms with Crippen LogP contribution < -0.4 is 5.73 Å². The van der Waals surface area contributed by atoms with Crippen molar-refractivity contribution in [3.8, 4) is 0 Å². The van der Waals surface area contributed by atoms with Crippen molar-refractivity contribution < 1.29 is 5.11 Å². The Morgan fingerprint density at radius 1 is 1.40 bits per heavy atom. The van der Waals surface area contributed by atoms with Crippen molar-refractivity contribution >= 4 is 0 Å². The van der Waals surface area contributed by atoms with Gasteiger partial charge >= 0.3 is 0 Å². The fourth-order valence-corrected chi connectivity index (χ4v) is 2.41. The lowest BCUT2D eigenvalue weighted by Crippen LogP contribution is -2.52. The van der Waals surface area contributed by atoms with E-state index in [1.165, 1.54) is 16.7 Å². The van der Waals surface area contributed by atoms with Gasteiger partial charge in [-0.1, -0.05) is 23.8 Å².